The lowest BCUT2D eigenvalue weighted by Crippen LogP contribution is -2.36. The number of rotatable bonds is 12. The fraction of sp³-hybridized carbons (Fsp3) is 0.367. The van der Waals surface area contributed by atoms with Crippen LogP contribution in [-0.4, -0.2) is 148 Å². The number of hydrogen-bond donors (Lipinski definition) is 2. The van der Waals surface area contributed by atoms with Gasteiger partial charge in [0.05, 0.1) is 68.1 Å². The fourth-order valence-electron chi connectivity index (χ4n) is 10.1. The van der Waals surface area contributed by atoms with Crippen LogP contribution in [0.25, 0.3) is 56.2 Å². The highest BCUT2D eigenvalue weighted by atomic mass is 35.5. The number of nitrogens with zero attached hydrogens (tertiary/aromatic N) is 10. The van der Waals surface area contributed by atoms with Gasteiger partial charge in [-0.05, 0) is 81.0 Å². The molecule has 0 bridgehead atoms. The van der Waals surface area contributed by atoms with Crippen LogP contribution in [0.2, 0.25) is 5.02 Å². The standard InChI is InChI=1S/C30H29N5O5.C19H18ClN3O3.C11H13BN2O4/c1-37-26-15-19(30(36)35-11-3-2-4-12-35)18-33-28(26)27-16-23-29(40-27)21(7-10-32-23)22-5-6-25(24(17-31)34-22)39-20-8-13-38-14-9-20;1-25-16-10-15(19(24)23-7-3-2-4-8-23)22-11-12(16)17-9-14-18(26-17)13(20)5-6-21-14;13-7-9-10(1-2-11(14-9)12(15)16)18-8-3-5-17-6-4-8/h5-7,10,15-16,18,20H,2-4,8-9,11-14H2,1H3;5-6,9-11H,2-4,7-8H2,1H3;1-2,8,15-16H,3-6H2. The Balaban J connectivity index is 0.000000153. The molecule has 432 valence electrons. The molecule has 12 heterocycles. The van der Waals surface area contributed by atoms with E-state index < -0.39 is 7.12 Å². The average Bonchev–Trinajstić information content (AvgIpc) is 4.20. The van der Waals surface area contributed by atoms with Gasteiger partial charge in [0.15, 0.2) is 39.8 Å². The van der Waals surface area contributed by atoms with Gasteiger partial charge in [0, 0.05) is 100 Å². The molecule has 8 aromatic rings. The van der Waals surface area contributed by atoms with Crippen LogP contribution in [0.3, 0.4) is 0 Å². The van der Waals surface area contributed by atoms with Gasteiger partial charge in [-0.3, -0.25) is 24.5 Å². The van der Waals surface area contributed by atoms with Crippen molar-refractivity contribution in [2.75, 3.05) is 66.8 Å². The van der Waals surface area contributed by atoms with Crippen molar-refractivity contribution in [3.05, 3.63) is 113 Å². The van der Waals surface area contributed by atoms with E-state index in [9.17, 15) is 14.9 Å². The average molecular weight is 1160 g/mol. The van der Waals surface area contributed by atoms with Crippen molar-refractivity contribution in [3.8, 4) is 69.2 Å². The first-order valence-corrected chi connectivity index (χ1v) is 28.2. The minimum absolute atomic E-state index is 0.00206. The number of furan rings is 2. The van der Waals surface area contributed by atoms with Gasteiger partial charge in [0.2, 0.25) is 0 Å². The summed E-state index contributed by atoms with van der Waals surface area (Å²) in [5, 5.41) is 37.2. The van der Waals surface area contributed by atoms with Crippen LogP contribution in [0.5, 0.6) is 23.0 Å². The number of methoxy groups -OCH3 is 2. The first kappa shape index (κ1) is 58.5. The second-order valence-corrected chi connectivity index (χ2v) is 20.5. The van der Waals surface area contributed by atoms with E-state index >= 15 is 0 Å². The number of ether oxygens (including phenoxy) is 6. The molecular weight excluding hydrogens is 1100 g/mol. The van der Waals surface area contributed by atoms with E-state index in [-0.39, 0.29) is 41.0 Å². The molecule has 2 N–H and O–H groups in total. The quantitative estimate of drug-likeness (QED) is 0.109. The predicted molar refractivity (Wildman–Crippen MR) is 308 cm³/mol. The number of halogens is 1. The van der Waals surface area contributed by atoms with E-state index in [1.807, 2.05) is 21.9 Å². The second-order valence-electron chi connectivity index (χ2n) is 20.1. The van der Waals surface area contributed by atoms with Gasteiger partial charge in [0.1, 0.15) is 64.0 Å². The molecule has 0 saturated carbocycles. The minimum atomic E-state index is -1.69. The molecule has 4 saturated heterocycles. The molecule has 2 amide bonds. The summed E-state index contributed by atoms with van der Waals surface area (Å²) in [7, 11) is 1.41. The molecular formula is C60H60BClN10O12. The van der Waals surface area contributed by atoms with E-state index in [0.717, 1.165) is 84.0 Å². The van der Waals surface area contributed by atoms with E-state index in [1.165, 1.54) is 18.6 Å². The van der Waals surface area contributed by atoms with Crippen LogP contribution in [-0.2, 0) is 9.47 Å². The molecule has 0 aliphatic carbocycles. The maximum absolute atomic E-state index is 13.0. The van der Waals surface area contributed by atoms with Crippen molar-refractivity contribution in [3.63, 3.8) is 0 Å². The summed E-state index contributed by atoms with van der Waals surface area (Å²) in [4.78, 5) is 55.4. The number of amides is 2. The van der Waals surface area contributed by atoms with E-state index in [4.69, 9.17) is 64.2 Å². The molecule has 12 rings (SSSR count). The summed E-state index contributed by atoms with van der Waals surface area (Å²) in [6, 6.07) is 21.0. The van der Waals surface area contributed by atoms with Crippen LogP contribution in [0.4, 0.5) is 0 Å². The number of nitriles is 2. The Kier molecular flexibility index (Phi) is 19.2. The highest BCUT2D eigenvalue weighted by Gasteiger charge is 2.26. The zero-order valence-corrected chi connectivity index (χ0v) is 47.1. The predicted octanol–water partition coefficient (Wildman–Crippen LogP) is 8.38. The summed E-state index contributed by atoms with van der Waals surface area (Å²) in [6.07, 6.45) is 16.0. The first-order chi connectivity index (χ1) is 41.0. The molecule has 8 aromatic heterocycles. The Morgan fingerprint density at radius 2 is 1.19 bits per heavy atom. The van der Waals surface area contributed by atoms with Crippen LogP contribution in [0.1, 0.15) is 96.4 Å². The topological polar surface area (TPSA) is 288 Å². The summed E-state index contributed by atoms with van der Waals surface area (Å²) in [6.45, 7) is 5.64. The summed E-state index contributed by atoms with van der Waals surface area (Å²) in [5.74, 6) is 2.66. The van der Waals surface area contributed by atoms with Crippen molar-refractivity contribution in [2.24, 2.45) is 0 Å². The number of piperidine rings is 2. The molecule has 0 unspecified atom stereocenters. The lowest BCUT2D eigenvalue weighted by molar-refractivity contribution is 0.0251. The van der Waals surface area contributed by atoms with Crippen molar-refractivity contribution in [1.82, 2.24) is 39.7 Å². The number of hydrogen-bond acceptors (Lipinski definition) is 20. The molecule has 22 nitrogen and oxygen atoms in total. The SMILES string of the molecule is COc1cc(C(=O)N2CCCCC2)cnc1-c1cc2nccc(-c3ccc(OC4CCOCC4)c(C#N)n3)c2o1.COc1cc(C(=O)N2CCCCC2)ncc1-c1cc2nccc(Cl)c2o1.N#Cc1nc(B(O)O)ccc1OC1CCOCC1. The highest BCUT2D eigenvalue weighted by molar-refractivity contribution is 6.57. The van der Waals surface area contributed by atoms with E-state index in [2.05, 4.69) is 36.0 Å². The molecule has 84 heavy (non-hydrogen) atoms. The van der Waals surface area contributed by atoms with Gasteiger partial charge >= 0.3 is 7.12 Å². The molecule has 0 atom stereocenters. The van der Waals surface area contributed by atoms with Crippen LogP contribution in [0, 0.1) is 22.7 Å². The number of fused-ring (bicyclic) bond motifs is 2. The molecule has 24 heteroatoms. The Morgan fingerprint density at radius 3 is 1.80 bits per heavy atom. The maximum atomic E-state index is 13.0. The van der Waals surface area contributed by atoms with Crippen molar-refractivity contribution >= 4 is 58.3 Å². The van der Waals surface area contributed by atoms with Crippen LogP contribution < -0.4 is 24.5 Å². The van der Waals surface area contributed by atoms with Crippen molar-refractivity contribution in [2.45, 2.75) is 76.4 Å². The van der Waals surface area contributed by atoms with Crippen LogP contribution in [0.15, 0.2) is 94.3 Å². The molecule has 0 aromatic carbocycles. The summed E-state index contributed by atoms with van der Waals surface area (Å²) in [5.41, 5.74) is 5.79. The lowest BCUT2D eigenvalue weighted by Gasteiger charge is -2.26. The number of carbonyl (C=O) groups excluding carboxylic acids is 2. The number of pyridine rings is 6. The molecule has 4 fully saturated rings. The summed E-state index contributed by atoms with van der Waals surface area (Å²) >= 11 is 6.15. The van der Waals surface area contributed by atoms with Gasteiger partial charge in [-0.25, -0.2) is 15.0 Å². The number of aromatic nitrogens is 6. The number of likely N-dealkylation sites (tertiary alicyclic amines) is 2. The third-order valence-corrected chi connectivity index (χ3v) is 14.9. The largest absolute Gasteiger partial charge is 0.508 e. The Morgan fingerprint density at radius 1 is 0.619 bits per heavy atom. The Bertz CT molecular complexity index is 3710. The van der Waals surface area contributed by atoms with Crippen LogP contribution >= 0.6 is 11.6 Å². The number of carbonyl (C=O) groups is 2. The summed E-state index contributed by atoms with van der Waals surface area (Å²) < 4.78 is 45.5. The van der Waals surface area contributed by atoms with E-state index in [0.29, 0.717) is 122 Å². The normalized spacial score (nSPS) is 15.6. The third kappa shape index (κ3) is 13.7. The minimum Gasteiger partial charge on any atom is -0.496 e. The van der Waals surface area contributed by atoms with Gasteiger partial charge in [-0.2, -0.15) is 10.5 Å². The second kappa shape index (κ2) is 27.6. The van der Waals surface area contributed by atoms with Gasteiger partial charge < -0.3 is 57.1 Å². The third-order valence-electron chi connectivity index (χ3n) is 14.6. The monoisotopic (exact) mass is 1160 g/mol. The zero-order chi connectivity index (χ0) is 58.5. The van der Waals surface area contributed by atoms with Gasteiger partial charge in [-0.1, -0.05) is 11.6 Å². The lowest BCUT2D eigenvalue weighted by atomic mass is 9.85. The zero-order valence-electron chi connectivity index (χ0n) is 46.4. The molecule has 0 spiro atoms. The first-order valence-electron chi connectivity index (χ1n) is 27.8. The van der Waals surface area contributed by atoms with Crippen molar-refractivity contribution in [1.29, 1.82) is 10.5 Å². The highest BCUT2D eigenvalue weighted by Crippen LogP contribution is 2.38. The van der Waals surface area contributed by atoms with E-state index in [1.54, 1.807) is 81.5 Å². The smallest absolute Gasteiger partial charge is 0.496 e. The van der Waals surface area contributed by atoms with Crippen molar-refractivity contribution < 1.29 is 56.9 Å². The Hall–Kier alpha value is -8.71. The molecule has 0 radical (unpaired) electrons. The fourth-order valence-corrected chi connectivity index (χ4v) is 10.3. The maximum Gasteiger partial charge on any atom is 0.508 e. The van der Waals surface area contributed by atoms with Gasteiger partial charge in [0.25, 0.3) is 11.8 Å². The Labute approximate surface area is 489 Å². The molecule has 4 aliphatic heterocycles. The van der Waals surface area contributed by atoms with Gasteiger partial charge in [-0.15, -0.1) is 0 Å². The molecule has 4 aliphatic rings.